The number of fused-ring (bicyclic) bond motifs is 1. The molecule has 0 amide bonds. The highest BCUT2D eigenvalue weighted by molar-refractivity contribution is 5.64. The minimum atomic E-state index is 0.198. The van der Waals surface area contributed by atoms with E-state index in [0.717, 1.165) is 43.7 Å². The van der Waals surface area contributed by atoms with Crippen LogP contribution < -0.4 is 4.90 Å². The van der Waals surface area contributed by atoms with Crippen molar-refractivity contribution in [3.63, 3.8) is 0 Å². The van der Waals surface area contributed by atoms with Crippen LogP contribution in [0.4, 0.5) is 5.82 Å². The molecule has 0 N–H and O–H groups in total. The summed E-state index contributed by atoms with van der Waals surface area (Å²) in [5.74, 6) is 1.05. The van der Waals surface area contributed by atoms with Gasteiger partial charge in [-0.2, -0.15) is 0 Å². The zero-order valence-corrected chi connectivity index (χ0v) is 9.36. The van der Waals surface area contributed by atoms with E-state index in [-0.39, 0.29) is 5.92 Å². The molecule has 17 heavy (non-hydrogen) atoms. The second-order valence-corrected chi connectivity index (χ2v) is 4.27. The van der Waals surface area contributed by atoms with Crippen molar-refractivity contribution >= 4 is 17.8 Å². The molecule has 1 fully saturated rings. The third kappa shape index (κ3) is 1.75. The van der Waals surface area contributed by atoms with E-state index >= 15 is 0 Å². The molecule has 0 aromatic carbocycles. The number of aldehydes is 1. The molecule has 3 rings (SSSR count). The maximum atomic E-state index is 10.7. The van der Waals surface area contributed by atoms with Crippen LogP contribution in [0.25, 0.3) is 5.65 Å². The van der Waals surface area contributed by atoms with Gasteiger partial charge in [-0.1, -0.05) is 0 Å². The molecule has 3 heterocycles. The van der Waals surface area contributed by atoms with Crippen molar-refractivity contribution in [1.82, 2.24) is 19.6 Å². The number of hydrogen-bond donors (Lipinski definition) is 0. The Balaban J connectivity index is 1.89. The summed E-state index contributed by atoms with van der Waals surface area (Å²) in [4.78, 5) is 17.3. The Kier molecular flexibility index (Phi) is 2.47. The first kappa shape index (κ1) is 10.2. The van der Waals surface area contributed by atoms with E-state index in [2.05, 4.69) is 20.1 Å². The molecule has 1 aliphatic heterocycles. The number of carbonyl (C=O) groups is 1. The molecule has 0 unspecified atom stereocenters. The molecule has 88 valence electrons. The van der Waals surface area contributed by atoms with Crippen LogP contribution in [0.2, 0.25) is 0 Å². The summed E-state index contributed by atoms with van der Waals surface area (Å²) in [6.07, 6.45) is 8.08. The molecule has 0 spiro atoms. The summed E-state index contributed by atoms with van der Waals surface area (Å²) < 4.78 is 1.86. The quantitative estimate of drug-likeness (QED) is 0.706. The molecule has 2 aromatic rings. The predicted octanol–water partition coefficient (Wildman–Crippen LogP) is 0.540. The van der Waals surface area contributed by atoms with Gasteiger partial charge in [0, 0.05) is 31.4 Å². The SMILES string of the molecule is O=CC1CCN(c2nccn3cnnc23)CC1. The lowest BCUT2D eigenvalue weighted by atomic mass is 9.99. The Morgan fingerprint density at radius 3 is 2.94 bits per heavy atom. The summed E-state index contributed by atoms with van der Waals surface area (Å²) in [5, 5.41) is 7.95. The number of hydrogen-bond acceptors (Lipinski definition) is 5. The summed E-state index contributed by atoms with van der Waals surface area (Å²) in [6, 6.07) is 0. The Hall–Kier alpha value is -1.98. The molecule has 2 aromatic heterocycles. The summed E-state index contributed by atoms with van der Waals surface area (Å²) in [7, 11) is 0. The molecule has 1 saturated heterocycles. The van der Waals surface area contributed by atoms with E-state index in [1.807, 2.05) is 10.6 Å². The van der Waals surface area contributed by atoms with Crippen molar-refractivity contribution in [1.29, 1.82) is 0 Å². The van der Waals surface area contributed by atoms with Crippen molar-refractivity contribution in [2.24, 2.45) is 5.92 Å². The second-order valence-electron chi connectivity index (χ2n) is 4.27. The Morgan fingerprint density at radius 2 is 2.18 bits per heavy atom. The topological polar surface area (TPSA) is 63.4 Å². The molecule has 6 heteroatoms. The van der Waals surface area contributed by atoms with Crippen LogP contribution in [0.1, 0.15) is 12.8 Å². The van der Waals surface area contributed by atoms with Crippen LogP contribution >= 0.6 is 0 Å². The fourth-order valence-electron chi connectivity index (χ4n) is 2.22. The zero-order valence-electron chi connectivity index (χ0n) is 9.36. The van der Waals surface area contributed by atoms with Crippen molar-refractivity contribution in [2.75, 3.05) is 18.0 Å². The highest BCUT2D eigenvalue weighted by atomic mass is 16.1. The average Bonchev–Trinajstić information content (AvgIpc) is 2.87. The number of anilines is 1. The van der Waals surface area contributed by atoms with E-state index in [1.54, 1.807) is 12.5 Å². The van der Waals surface area contributed by atoms with E-state index in [9.17, 15) is 4.79 Å². The molecular formula is C11H13N5O. The minimum Gasteiger partial charge on any atom is -0.353 e. The first-order valence-electron chi connectivity index (χ1n) is 5.73. The molecule has 0 aliphatic carbocycles. The highest BCUT2D eigenvalue weighted by Gasteiger charge is 2.21. The number of rotatable bonds is 2. The Morgan fingerprint density at radius 1 is 1.35 bits per heavy atom. The van der Waals surface area contributed by atoms with Gasteiger partial charge in [0.1, 0.15) is 12.6 Å². The number of carbonyl (C=O) groups excluding carboxylic acids is 1. The number of piperidine rings is 1. The van der Waals surface area contributed by atoms with Crippen molar-refractivity contribution in [2.45, 2.75) is 12.8 Å². The lowest BCUT2D eigenvalue weighted by Gasteiger charge is -2.30. The summed E-state index contributed by atoms with van der Waals surface area (Å²) in [6.45, 7) is 1.70. The zero-order chi connectivity index (χ0) is 11.7. The third-order valence-electron chi connectivity index (χ3n) is 3.23. The predicted molar refractivity (Wildman–Crippen MR) is 61.8 cm³/mol. The molecule has 1 aliphatic rings. The minimum absolute atomic E-state index is 0.198. The van der Waals surface area contributed by atoms with Gasteiger partial charge < -0.3 is 9.69 Å². The first-order chi connectivity index (χ1) is 8.38. The van der Waals surface area contributed by atoms with Crippen molar-refractivity contribution in [3.05, 3.63) is 18.7 Å². The van der Waals surface area contributed by atoms with Crippen LogP contribution in [0, 0.1) is 5.92 Å². The average molecular weight is 231 g/mol. The first-order valence-corrected chi connectivity index (χ1v) is 5.73. The molecule has 0 radical (unpaired) electrons. The highest BCUT2D eigenvalue weighted by Crippen LogP contribution is 2.22. The standard InChI is InChI=1S/C11H13N5O/c17-7-9-1-4-15(5-2-9)10-11-14-13-8-16(11)6-3-12-10/h3,6-9H,1-2,4-5H2. The molecule has 0 atom stereocenters. The van der Waals surface area contributed by atoms with Crippen LogP contribution in [-0.2, 0) is 4.79 Å². The second kappa shape index (κ2) is 4.12. The molecule has 0 bridgehead atoms. The van der Waals surface area contributed by atoms with Crippen molar-refractivity contribution < 1.29 is 4.79 Å². The van der Waals surface area contributed by atoms with Gasteiger partial charge in [-0.15, -0.1) is 10.2 Å². The summed E-state index contributed by atoms with van der Waals surface area (Å²) >= 11 is 0. The lowest BCUT2D eigenvalue weighted by Crippen LogP contribution is -2.35. The molecule has 6 nitrogen and oxygen atoms in total. The smallest absolute Gasteiger partial charge is 0.203 e. The van der Waals surface area contributed by atoms with Gasteiger partial charge in [0.25, 0.3) is 0 Å². The van der Waals surface area contributed by atoms with Crippen LogP contribution in [-0.4, -0.2) is 39.0 Å². The van der Waals surface area contributed by atoms with Crippen LogP contribution in [0.15, 0.2) is 18.7 Å². The Labute approximate surface area is 98.3 Å². The van der Waals surface area contributed by atoms with E-state index in [1.165, 1.54) is 0 Å². The van der Waals surface area contributed by atoms with Gasteiger partial charge in [0.05, 0.1) is 0 Å². The monoisotopic (exact) mass is 231 g/mol. The van der Waals surface area contributed by atoms with Gasteiger partial charge in [-0.05, 0) is 12.8 Å². The summed E-state index contributed by atoms with van der Waals surface area (Å²) in [5.41, 5.74) is 0.775. The number of aromatic nitrogens is 4. The van der Waals surface area contributed by atoms with Gasteiger partial charge in [-0.25, -0.2) is 4.98 Å². The third-order valence-corrected chi connectivity index (χ3v) is 3.23. The molecular weight excluding hydrogens is 218 g/mol. The fraction of sp³-hybridized carbons (Fsp3) is 0.455. The van der Waals surface area contributed by atoms with Crippen molar-refractivity contribution in [3.8, 4) is 0 Å². The van der Waals surface area contributed by atoms with Gasteiger partial charge in [-0.3, -0.25) is 4.40 Å². The maximum Gasteiger partial charge on any atom is 0.203 e. The van der Waals surface area contributed by atoms with E-state index in [0.29, 0.717) is 0 Å². The van der Waals surface area contributed by atoms with Crippen LogP contribution in [0.3, 0.4) is 0 Å². The van der Waals surface area contributed by atoms with E-state index < -0.39 is 0 Å². The van der Waals surface area contributed by atoms with Gasteiger partial charge in [0.15, 0.2) is 5.82 Å². The van der Waals surface area contributed by atoms with Crippen LogP contribution in [0.5, 0.6) is 0 Å². The van der Waals surface area contributed by atoms with Gasteiger partial charge >= 0.3 is 0 Å². The largest absolute Gasteiger partial charge is 0.353 e. The molecule has 0 saturated carbocycles. The van der Waals surface area contributed by atoms with Gasteiger partial charge in [0.2, 0.25) is 5.65 Å². The maximum absolute atomic E-state index is 10.7. The number of nitrogens with zero attached hydrogens (tertiary/aromatic N) is 5. The normalized spacial score (nSPS) is 17.5. The fourth-order valence-corrected chi connectivity index (χ4v) is 2.22. The Bertz CT molecular complexity index is 529. The van der Waals surface area contributed by atoms with E-state index in [4.69, 9.17) is 0 Å². The lowest BCUT2D eigenvalue weighted by molar-refractivity contribution is -0.111.